The van der Waals surface area contributed by atoms with Crippen molar-refractivity contribution >= 4 is 5.91 Å². The van der Waals surface area contributed by atoms with Crippen LogP contribution in [0, 0.1) is 0 Å². The number of rotatable bonds is 6. The second-order valence-corrected chi connectivity index (χ2v) is 4.84. The molecule has 1 N–H and O–H groups in total. The van der Waals surface area contributed by atoms with Crippen LogP contribution in [0.25, 0.3) is 0 Å². The Bertz CT molecular complexity index is 642. The molecule has 22 heavy (non-hydrogen) atoms. The van der Waals surface area contributed by atoms with Gasteiger partial charge in [-0.2, -0.15) is 0 Å². The highest BCUT2D eigenvalue weighted by molar-refractivity contribution is 5.94. The number of hydrogen-bond donors (Lipinski definition) is 1. The summed E-state index contributed by atoms with van der Waals surface area (Å²) in [6.07, 6.45) is 0.741. The highest BCUT2D eigenvalue weighted by Gasteiger charge is 2.15. The fraction of sp³-hybridized carbons (Fsp3) is 0.235. The van der Waals surface area contributed by atoms with E-state index in [1.54, 1.807) is 18.2 Å². The summed E-state index contributed by atoms with van der Waals surface area (Å²) in [5, 5.41) is 2.86. The molecule has 1 aliphatic rings. The molecular formula is C17H17NO4. The molecule has 0 bridgehead atoms. The van der Waals surface area contributed by atoms with Crippen LogP contribution in [0.15, 0.2) is 48.5 Å². The van der Waals surface area contributed by atoms with Crippen molar-refractivity contribution in [2.45, 2.75) is 6.42 Å². The first-order valence-corrected chi connectivity index (χ1v) is 7.18. The van der Waals surface area contributed by atoms with Gasteiger partial charge in [-0.1, -0.05) is 18.2 Å². The van der Waals surface area contributed by atoms with Gasteiger partial charge in [0.05, 0.1) is 6.61 Å². The molecule has 5 heteroatoms. The van der Waals surface area contributed by atoms with Crippen LogP contribution >= 0.6 is 0 Å². The van der Waals surface area contributed by atoms with Crippen LogP contribution in [-0.2, 0) is 0 Å². The lowest BCUT2D eigenvalue weighted by Crippen LogP contribution is -2.25. The number of carbonyl (C=O) groups excluding carboxylic acids is 1. The van der Waals surface area contributed by atoms with Gasteiger partial charge in [-0.15, -0.1) is 0 Å². The number of para-hydroxylation sites is 1. The molecule has 0 aliphatic carbocycles. The summed E-state index contributed by atoms with van der Waals surface area (Å²) in [4.78, 5) is 12.0. The van der Waals surface area contributed by atoms with Gasteiger partial charge >= 0.3 is 0 Å². The Labute approximate surface area is 128 Å². The molecule has 3 rings (SSSR count). The zero-order chi connectivity index (χ0) is 15.2. The van der Waals surface area contributed by atoms with E-state index in [4.69, 9.17) is 14.2 Å². The van der Waals surface area contributed by atoms with Gasteiger partial charge in [0.2, 0.25) is 6.79 Å². The summed E-state index contributed by atoms with van der Waals surface area (Å²) < 4.78 is 16.0. The van der Waals surface area contributed by atoms with Gasteiger partial charge in [0.1, 0.15) is 5.75 Å². The van der Waals surface area contributed by atoms with E-state index in [0.29, 0.717) is 30.2 Å². The third-order valence-corrected chi connectivity index (χ3v) is 3.25. The first kappa shape index (κ1) is 14.3. The molecule has 0 radical (unpaired) electrons. The van der Waals surface area contributed by atoms with E-state index in [-0.39, 0.29) is 12.7 Å². The van der Waals surface area contributed by atoms with Gasteiger partial charge in [0, 0.05) is 12.1 Å². The Kier molecular flexibility index (Phi) is 4.44. The van der Waals surface area contributed by atoms with Crippen molar-refractivity contribution in [2.75, 3.05) is 19.9 Å². The average Bonchev–Trinajstić information content (AvgIpc) is 3.03. The van der Waals surface area contributed by atoms with Gasteiger partial charge in [-0.3, -0.25) is 4.79 Å². The Morgan fingerprint density at radius 1 is 1.09 bits per heavy atom. The second kappa shape index (κ2) is 6.85. The lowest BCUT2D eigenvalue weighted by atomic mass is 10.2. The smallest absolute Gasteiger partial charge is 0.251 e. The summed E-state index contributed by atoms with van der Waals surface area (Å²) in [7, 11) is 0. The highest BCUT2D eigenvalue weighted by Crippen LogP contribution is 2.32. The molecule has 2 aromatic rings. The maximum Gasteiger partial charge on any atom is 0.251 e. The van der Waals surface area contributed by atoms with Gasteiger partial charge < -0.3 is 19.5 Å². The maximum absolute atomic E-state index is 12.0. The van der Waals surface area contributed by atoms with Crippen LogP contribution in [-0.4, -0.2) is 25.9 Å². The lowest BCUT2D eigenvalue weighted by molar-refractivity contribution is 0.0951. The SMILES string of the molecule is O=C(NCCCOc1ccccc1)c1ccc2c(c1)OCO2. The predicted molar refractivity (Wildman–Crippen MR) is 81.5 cm³/mol. The molecule has 0 unspecified atom stereocenters. The third-order valence-electron chi connectivity index (χ3n) is 3.25. The molecular weight excluding hydrogens is 282 g/mol. The van der Waals surface area contributed by atoms with Gasteiger partial charge in [-0.25, -0.2) is 0 Å². The highest BCUT2D eigenvalue weighted by atomic mass is 16.7. The Balaban J connectivity index is 1.41. The summed E-state index contributed by atoms with van der Waals surface area (Å²) >= 11 is 0. The fourth-order valence-corrected chi connectivity index (χ4v) is 2.12. The molecule has 5 nitrogen and oxygen atoms in total. The summed E-state index contributed by atoms with van der Waals surface area (Å²) in [6, 6.07) is 14.8. The van der Waals surface area contributed by atoms with Crippen LogP contribution in [0.4, 0.5) is 0 Å². The Morgan fingerprint density at radius 3 is 2.77 bits per heavy atom. The van der Waals surface area contributed by atoms with E-state index in [1.165, 1.54) is 0 Å². The summed E-state index contributed by atoms with van der Waals surface area (Å²) in [5.41, 5.74) is 0.563. The number of carbonyl (C=O) groups is 1. The number of hydrogen-bond acceptors (Lipinski definition) is 4. The number of nitrogens with one attached hydrogen (secondary N) is 1. The quantitative estimate of drug-likeness (QED) is 0.833. The normalized spacial score (nSPS) is 12.0. The zero-order valence-electron chi connectivity index (χ0n) is 12.1. The molecule has 0 spiro atoms. The first-order valence-electron chi connectivity index (χ1n) is 7.18. The number of benzene rings is 2. The molecule has 114 valence electrons. The fourth-order valence-electron chi connectivity index (χ4n) is 2.12. The van der Waals surface area contributed by atoms with Crippen molar-refractivity contribution in [1.82, 2.24) is 5.32 Å². The van der Waals surface area contributed by atoms with Crippen molar-refractivity contribution in [2.24, 2.45) is 0 Å². The zero-order valence-corrected chi connectivity index (χ0v) is 12.1. The van der Waals surface area contributed by atoms with E-state index in [1.807, 2.05) is 30.3 Å². The molecule has 1 aliphatic heterocycles. The second-order valence-electron chi connectivity index (χ2n) is 4.84. The van der Waals surface area contributed by atoms with Crippen LogP contribution in [0.1, 0.15) is 16.8 Å². The van der Waals surface area contributed by atoms with Crippen molar-refractivity contribution in [3.8, 4) is 17.2 Å². The van der Waals surface area contributed by atoms with Crippen molar-refractivity contribution in [3.63, 3.8) is 0 Å². The van der Waals surface area contributed by atoms with E-state index in [9.17, 15) is 4.79 Å². The lowest BCUT2D eigenvalue weighted by Gasteiger charge is -2.07. The predicted octanol–water partition coefficient (Wildman–Crippen LogP) is 2.61. The largest absolute Gasteiger partial charge is 0.494 e. The van der Waals surface area contributed by atoms with Gasteiger partial charge in [0.25, 0.3) is 5.91 Å². The number of ether oxygens (including phenoxy) is 3. The summed E-state index contributed by atoms with van der Waals surface area (Å²) in [5.74, 6) is 2.00. The van der Waals surface area contributed by atoms with E-state index < -0.39 is 0 Å². The maximum atomic E-state index is 12.0. The molecule has 1 amide bonds. The van der Waals surface area contributed by atoms with E-state index in [2.05, 4.69) is 5.32 Å². The van der Waals surface area contributed by atoms with Crippen molar-refractivity contribution in [1.29, 1.82) is 0 Å². The monoisotopic (exact) mass is 299 g/mol. The minimum absolute atomic E-state index is 0.127. The van der Waals surface area contributed by atoms with Crippen LogP contribution in [0.5, 0.6) is 17.2 Å². The standard InChI is InChI=1S/C17H17NO4/c19-17(13-7-8-15-16(11-13)22-12-21-15)18-9-4-10-20-14-5-2-1-3-6-14/h1-3,5-8,11H,4,9-10,12H2,(H,18,19). The Morgan fingerprint density at radius 2 is 1.91 bits per heavy atom. The third kappa shape index (κ3) is 3.49. The minimum Gasteiger partial charge on any atom is -0.494 e. The first-order chi connectivity index (χ1) is 10.8. The number of amides is 1. The molecule has 0 saturated heterocycles. The summed E-state index contributed by atoms with van der Waals surface area (Å²) in [6.45, 7) is 1.32. The van der Waals surface area contributed by atoms with E-state index >= 15 is 0 Å². The molecule has 0 atom stereocenters. The van der Waals surface area contributed by atoms with Gasteiger partial charge in [0.15, 0.2) is 11.5 Å². The number of fused-ring (bicyclic) bond motifs is 1. The topological polar surface area (TPSA) is 56.8 Å². The van der Waals surface area contributed by atoms with E-state index in [0.717, 1.165) is 12.2 Å². The van der Waals surface area contributed by atoms with Crippen LogP contribution < -0.4 is 19.5 Å². The van der Waals surface area contributed by atoms with Crippen molar-refractivity contribution in [3.05, 3.63) is 54.1 Å². The van der Waals surface area contributed by atoms with Crippen molar-refractivity contribution < 1.29 is 19.0 Å². The minimum atomic E-state index is -0.127. The molecule has 0 aromatic heterocycles. The molecule has 0 saturated carbocycles. The van der Waals surface area contributed by atoms with Gasteiger partial charge in [-0.05, 0) is 36.8 Å². The average molecular weight is 299 g/mol. The molecule has 0 fully saturated rings. The molecule has 1 heterocycles. The Hall–Kier alpha value is -2.69. The van der Waals surface area contributed by atoms with Crippen LogP contribution in [0.3, 0.4) is 0 Å². The van der Waals surface area contributed by atoms with Crippen LogP contribution in [0.2, 0.25) is 0 Å². The molecule has 2 aromatic carbocycles.